The van der Waals surface area contributed by atoms with Gasteiger partial charge in [0.1, 0.15) is 5.82 Å². The maximum Gasteiger partial charge on any atom is 0.123 e. The van der Waals surface area contributed by atoms with E-state index in [0.29, 0.717) is 12.6 Å². The first-order valence-electron chi connectivity index (χ1n) is 6.47. The fraction of sp³-hybridized carbons (Fsp3) is 0.571. The lowest BCUT2D eigenvalue weighted by atomic mass is 10.00. The van der Waals surface area contributed by atoms with Gasteiger partial charge in [-0.1, -0.05) is 0 Å². The highest BCUT2D eigenvalue weighted by molar-refractivity contribution is 5.55. The van der Waals surface area contributed by atoms with Gasteiger partial charge >= 0.3 is 0 Å². The molecule has 1 heterocycles. The molecule has 1 aliphatic heterocycles. The molecule has 2 N–H and O–H groups in total. The lowest BCUT2D eigenvalue weighted by Crippen LogP contribution is -2.38. The summed E-state index contributed by atoms with van der Waals surface area (Å²) in [4.78, 5) is 2.40. The maximum atomic E-state index is 13.3. The summed E-state index contributed by atoms with van der Waals surface area (Å²) in [6.07, 6.45) is 4.49. The van der Waals surface area contributed by atoms with Crippen LogP contribution in [0.1, 0.15) is 31.7 Å². The lowest BCUT2D eigenvalue weighted by molar-refractivity contribution is 0.483. The van der Waals surface area contributed by atoms with Gasteiger partial charge in [0.05, 0.1) is 0 Å². The highest BCUT2D eigenvalue weighted by Crippen LogP contribution is 2.28. The minimum Gasteiger partial charge on any atom is -0.369 e. The maximum absolute atomic E-state index is 13.3. The molecule has 1 aliphatic rings. The average molecular weight is 236 g/mol. The summed E-state index contributed by atoms with van der Waals surface area (Å²) in [6.45, 7) is 3.89. The van der Waals surface area contributed by atoms with Crippen LogP contribution in [-0.4, -0.2) is 19.1 Å². The molecule has 0 amide bonds. The second-order valence-electron chi connectivity index (χ2n) is 4.85. The summed E-state index contributed by atoms with van der Waals surface area (Å²) in [5, 5.41) is 0. The number of nitrogens with two attached hydrogens (primary N) is 1. The summed E-state index contributed by atoms with van der Waals surface area (Å²) >= 11 is 0. The van der Waals surface area contributed by atoms with Crippen LogP contribution in [-0.2, 0) is 6.42 Å². The van der Waals surface area contributed by atoms with Crippen molar-refractivity contribution in [1.82, 2.24) is 0 Å². The van der Waals surface area contributed by atoms with E-state index < -0.39 is 0 Å². The lowest BCUT2D eigenvalue weighted by Gasteiger charge is -2.36. The fourth-order valence-corrected chi connectivity index (χ4v) is 2.65. The molecule has 1 unspecified atom stereocenters. The number of benzene rings is 1. The minimum absolute atomic E-state index is 0.165. The zero-order valence-electron chi connectivity index (χ0n) is 10.5. The third-order valence-corrected chi connectivity index (χ3v) is 3.57. The number of hydrogen-bond acceptors (Lipinski definition) is 2. The number of piperidine rings is 1. The van der Waals surface area contributed by atoms with Crippen LogP contribution >= 0.6 is 0 Å². The molecule has 0 bridgehead atoms. The predicted molar refractivity (Wildman–Crippen MR) is 69.8 cm³/mol. The molecule has 0 aliphatic carbocycles. The monoisotopic (exact) mass is 236 g/mol. The van der Waals surface area contributed by atoms with Crippen molar-refractivity contribution >= 4 is 5.69 Å². The number of hydrogen-bond donors (Lipinski definition) is 1. The predicted octanol–water partition coefficient (Wildman–Crippen LogP) is 2.71. The van der Waals surface area contributed by atoms with Crippen LogP contribution in [0.15, 0.2) is 18.2 Å². The Balaban J connectivity index is 2.29. The number of anilines is 1. The van der Waals surface area contributed by atoms with Gasteiger partial charge in [-0.3, -0.25) is 0 Å². The van der Waals surface area contributed by atoms with Gasteiger partial charge in [-0.2, -0.15) is 0 Å². The minimum atomic E-state index is -0.165. The Bertz CT molecular complexity index is 378. The Hall–Kier alpha value is -1.09. The summed E-state index contributed by atoms with van der Waals surface area (Å²) < 4.78 is 13.3. The smallest absolute Gasteiger partial charge is 0.123 e. The Labute approximate surface area is 103 Å². The topological polar surface area (TPSA) is 29.3 Å². The Morgan fingerprint density at radius 2 is 2.24 bits per heavy atom. The Morgan fingerprint density at radius 3 is 2.94 bits per heavy atom. The quantitative estimate of drug-likeness (QED) is 0.874. The van der Waals surface area contributed by atoms with E-state index in [1.807, 2.05) is 6.07 Å². The zero-order valence-corrected chi connectivity index (χ0v) is 10.5. The van der Waals surface area contributed by atoms with Crippen molar-refractivity contribution in [2.24, 2.45) is 5.73 Å². The molecule has 0 spiro atoms. The summed E-state index contributed by atoms with van der Waals surface area (Å²) in [5.41, 5.74) is 7.82. The van der Waals surface area contributed by atoms with E-state index in [2.05, 4.69) is 11.8 Å². The first-order valence-corrected chi connectivity index (χ1v) is 6.47. The van der Waals surface area contributed by atoms with Gasteiger partial charge in [0, 0.05) is 18.3 Å². The van der Waals surface area contributed by atoms with Crippen molar-refractivity contribution in [3.8, 4) is 0 Å². The highest BCUT2D eigenvalue weighted by atomic mass is 19.1. The summed E-state index contributed by atoms with van der Waals surface area (Å²) in [7, 11) is 0. The standard InChI is InChI=1S/C14H21FN2/c1-11-4-2-3-9-17(11)14-6-5-13(15)10-12(14)7-8-16/h5-6,10-11H,2-4,7-9,16H2,1H3. The second-order valence-corrected chi connectivity index (χ2v) is 4.85. The number of nitrogens with zero attached hydrogens (tertiary/aromatic N) is 1. The van der Waals surface area contributed by atoms with Crippen molar-refractivity contribution < 1.29 is 4.39 Å². The normalized spacial score (nSPS) is 20.6. The van der Waals surface area contributed by atoms with Crippen molar-refractivity contribution in [3.05, 3.63) is 29.6 Å². The molecule has 17 heavy (non-hydrogen) atoms. The molecule has 0 radical (unpaired) electrons. The molecule has 0 aromatic heterocycles. The van der Waals surface area contributed by atoms with Crippen LogP contribution < -0.4 is 10.6 Å². The zero-order chi connectivity index (χ0) is 12.3. The van der Waals surface area contributed by atoms with Gasteiger partial charge in [0.25, 0.3) is 0 Å². The van der Waals surface area contributed by atoms with Gasteiger partial charge in [0.2, 0.25) is 0 Å². The van der Waals surface area contributed by atoms with Gasteiger partial charge in [0.15, 0.2) is 0 Å². The largest absolute Gasteiger partial charge is 0.369 e. The van der Waals surface area contributed by atoms with E-state index in [4.69, 9.17) is 5.73 Å². The molecule has 1 atom stereocenters. The molecule has 2 rings (SSSR count). The van der Waals surface area contributed by atoms with E-state index in [9.17, 15) is 4.39 Å². The SMILES string of the molecule is CC1CCCCN1c1ccc(F)cc1CCN. The van der Waals surface area contributed by atoms with Gasteiger partial charge < -0.3 is 10.6 Å². The molecule has 1 aromatic carbocycles. The average Bonchev–Trinajstić information content (AvgIpc) is 2.31. The third-order valence-electron chi connectivity index (χ3n) is 3.57. The van der Waals surface area contributed by atoms with E-state index in [-0.39, 0.29) is 5.82 Å². The number of halogens is 1. The first kappa shape index (κ1) is 12.4. The molecule has 1 aromatic rings. The van der Waals surface area contributed by atoms with Gasteiger partial charge in [-0.25, -0.2) is 4.39 Å². The summed E-state index contributed by atoms with van der Waals surface area (Å²) in [6, 6.07) is 5.63. The van der Waals surface area contributed by atoms with Crippen LogP contribution in [0.2, 0.25) is 0 Å². The van der Waals surface area contributed by atoms with Crippen molar-refractivity contribution in [2.75, 3.05) is 18.0 Å². The van der Waals surface area contributed by atoms with E-state index in [0.717, 1.165) is 18.5 Å². The Morgan fingerprint density at radius 1 is 1.41 bits per heavy atom. The van der Waals surface area contributed by atoms with Crippen molar-refractivity contribution in [3.63, 3.8) is 0 Å². The van der Waals surface area contributed by atoms with E-state index in [1.54, 1.807) is 12.1 Å². The van der Waals surface area contributed by atoms with Crippen LogP contribution in [0, 0.1) is 5.82 Å². The second kappa shape index (κ2) is 5.50. The van der Waals surface area contributed by atoms with Crippen LogP contribution in [0.4, 0.5) is 10.1 Å². The van der Waals surface area contributed by atoms with Crippen LogP contribution in [0.5, 0.6) is 0 Å². The molecular weight excluding hydrogens is 215 g/mol. The molecule has 0 saturated carbocycles. The van der Waals surface area contributed by atoms with Gasteiger partial charge in [-0.15, -0.1) is 0 Å². The van der Waals surface area contributed by atoms with Crippen LogP contribution in [0.25, 0.3) is 0 Å². The van der Waals surface area contributed by atoms with Gasteiger partial charge in [-0.05, 0) is 62.9 Å². The highest BCUT2D eigenvalue weighted by Gasteiger charge is 2.20. The number of rotatable bonds is 3. The molecule has 94 valence electrons. The van der Waals surface area contributed by atoms with Crippen molar-refractivity contribution in [2.45, 2.75) is 38.6 Å². The molecule has 1 saturated heterocycles. The first-order chi connectivity index (χ1) is 8.22. The molecule has 2 nitrogen and oxygen atoms in total. The van der Waals surface area contributed by atoms with Crippen molar-refractivity contribution in [1.29, 1.82) is 0 Å². The fourth-order valence-electron chi connectivity index (χ4n) is 2.65. The third kappa shape index (κ3) is 2.78. The summed E-state index contributed by atoms with van der Waals surface area (Å²) in [5.74, 6) is -0.165. The Kier molecular flexibility index (Phi) is 4.00. The van der Waals surface area contributed by atoms with E-state index >= 15 is 0 Å². The molecular formula is C14H21FN2. The molecule has 3 heteroatoms. The van der Waals surface area contributed by atoms with E-state index in [1.165, 1.54) is 24.9 Å². The molecule has 1 fully saturated rings. The van der Waals surface area contributed by atoms with Crippen LogP contribution in [0.3, 0.4) is 0 Å².